The van der Waals surface area contributed by atoms with Gasteiger partial charge in [0.1, 0.15) is 6.26 Å². The Morgan fingerprint density at radius 1 is 1.28 bits per heavy atom. The predicted octanol–water partition coefficient (Wildman–Crippen LogP) is 2.68. The molecule has 5 nitrogen and oxygen atoms in total. The van der Waals surface area contributed by atoms with Crippen molar-refractivity contribution in [1.82, 2.24) is 9.88 Å². The Morgan fingerprint density at radius 2 is 2.06 bits per heavy atom. The molecule has 96 valence electrons. The van der Waals surface area contributed by atoms with E-state index in [0.717, 1.165) is 0 Å². The van der Waals surface area contributed by atoms with Crippen molar-refractivity contribution in [2.45, 2.75) is 11.4 Å². The summed E-state index contributed by atoms with van der Waals surface area (Å²) in [5, 5.41) is 3.63. The molecule has 18 heavy (non-hydrogen) atoms. The number of nitrogens with zero attached hydrogens (tertiary/aromatic N) is 1. The molecule has 1 aromatic carbocycles. The lowest BCUT2D eigenvalue weighted by molar-refractivity contribution is 0.411. The summed E-state index contributed by atoms with van der Waals surface area (Å²) in [7, 11) is -3.60. The molecule has 0 unspecified atom stereocenters. The van der Waals surface area contributed by atoms with E-state index in [1.54, 1.807) is 18.2 Å². The fourth-order valence-electron chi connectivity index (χ4n) is 1.26. The lowest BCUT2D eigenvalue weighted by atomic mass is 10.4. The summed E-state index contributed by atoms with van der Waals surface area (Å²) < 4.78 is 32.4. The van der Waals surface area contributed by atoms with Gasteiger partial charge in [-0.1, -0.05) is 21.1 Å². The van der Waals surface area contributed by atoms with Gasteiger partial charge in [0.05, 0.1) is 17.1 Å². The van der Waals surface area contributed by atoms with Crippen LogP contribution in [0.4, 0.5) is 0 Å². The number of rotatable bonds is 4. The standard InChI is InChI=1S/C10H8Br2N2O3S/c11-7-1-2-9(12)10(5-7)18(15,16)13-6-8-3-4-17-14-8/h1-5,13H,6H2. The highest BCUT2D eigenvalue weighted by Crippen LogP contribution is 2.25. The third-order valence-corrected chi connectivity index (χ3v) is 5.01. The minimum absolute atomic E-state index is 0.0811. The highest BCUT2D eigenvalue weighted by atomic mass is 79.9. The van der Waals surface area contributed by atoms with Gasteiger partial charge in [-0.05, 0) is 34.1 Å². The number of benzene rings is 1. The SMILES string of the molecule is O=S(=O)(NCc1ccon1)c1cc(Br)ccc1Br. The molecule has 0 fully saturated rings. The lowest BCUT2D eigenvalue weighted by Crippen LogP contribution is -2.23. The van der Waals surface area contributed by atoms with Gasteiger partial charge in [0.15, 0.2) is 0 Å². The van der Waals surface area contributed by atoms with Crippen LogP contribution in [0.25, 0.3) is 0 Å². The summed E-state index contributed by atoms with van der Waals surface area (Å²) in [6, 6.07) is 6.53. The average molecular weight is 396 g/mol. The Morgan fingerprint density at radius 3 is 2.72 bits per heavy atom. The highest BCUT2D eigenvalue weighted by molar-refractivity contribution is 9.11. The van der Waals surface area contributed by atoms with Crippen molar-refractivity contribution in [2.24, 2.45) is 0 Å². The minimum atomic E-state index is -3.60. The Balaban J connectivity index is 2.22. The fourth-order valence-corrected chi connectivity index (χ4v) is 3.76. The van der Waals surface area contributed by atoms with Gasteiger partial charge < -0.3 is 4.52 Å². The summed E-state index contributed by atoms with van der Waals surface area (Å²) in [5.74, 6) is 0. The molecule has 0 bridgehead atoms. The molecule has 2 aromatic rings. The first-order valence-electron chi connectivity index (χ1n) is 4.83. The van der Waals surface area contributed by atoms with Crippen LogP contribution >= 0.6 is 31.9 Å². The van der Waals surface area contributed by atoms with Gasteiger partial charge in [-0.2, -0.15) is 0 Å². The zero-order valence-corrected chi connectivity index (χ0v) is 12.9. The summed E-state index contributed by atoms with van der Waals surface area (Å²) >= 11 is 6.45. The molecule has 1 heterocycles. The van der Waals surface area contributed by atoms with Gasteiger partial charge in [-0.25, -0.2) is 13.1 Å². The van der Waals surface area contributed by atoms with Gasteiger partial charge in [0, 0.05) is 15.0 Å². The van der Waals surface area contributed by atoms with E-state index in [4.69, 9.17) is 0 Å². The van der Waals surface area contributed by atoms with Crippen molar-refractivity contribution in [1.29, 1.82) is 0 Å². The monoisotopic (exact) mass is 394 g/mol. The molecule has 1 aromatic heterocycles. The first-order valence-corrected chi connectivity index (χ1v) is 7.90. The van der Waals surface area contributed by atoms with E-state index in [1.165, 1.54) is 12.3 Å². The third-order valence-electron chi connectivity index (χ3n) is 2.12. The number of aromatic nitrogens is 1. The molecule has 8 heteroatoms. The second-order valence-corrected chi connectivity index (χ2v) is 6.90. The maximum Gasteiger partial charge on any atom is 0.242 e. The Bertz CT molecular complexity index is 641. The molecule has 0 aliphatic rings. The Labute approximate surface area is 121 Å². The van der Waals surface area contributed by atoms with Crippen molar-refractivity contribution in [3.8, 4) is 0 Å². The minimum Gasteiger partial charge on any atom is -0.364 e. The van der Waals surface area contributed by atoms with Crippen LogP contribution in [0.3, 0.4) is 0 Å². The summed E-state index contributed by atoms with van der Waals surface area (Å²) in [6.07, 6.45) is 1.39. The van der Waals surface area contributed by atoms with Crippen LogP contribution in [-0.2, 0) is 16.6 Å². The van der Waals surface area contributed by atoms with Gasteiger partial charge in [-0.15, -0.1) is 0 Å². The van der Waals surface area contributed by atoms with E-state index < -0.39 is 10.0 Å². The molecule has 0 amide bonds. The van der Waals surface area contributed by atoms with Crippen molar-refractivity contribution in [2.75, 3.05) is 0 Å². The maximum absolute atomic E-state index is 12.1. The zero-order chi connectivity index (χ0) is 13.2. The molecule has 1 N–H and O–H groups in total. The van der Waals surface area contributed by atoms with Crippen LogP contribution in [0.2, 0.25) is 0 Å². The normalized spacial score (nSPS) is 11.7. The molecular weight excluding hydrogens is 388 g/mol. The maximum atomic E-state index is 12.1. The molecule has 2 rings (SSSR count). The second-order valence-electron chi connectivity index (χ2n) is 3.39. The summed E-state index contributed by atoms with van der Waals surface area (Å²) in [4.78, 5) is 0.167. The van der Waals surface area contributed by atoms with E-state index in [0.29, 0.717) is 14.6 Å². The number of halogens is 2. The topological polar surface area (TPSA) is 72.2 Å². The van der Waals surface area contributed by atoms with E-state index in [2.05, 4.69) is 46.3 Å². The molecule has 0 spiro atoms. The van der Waals surface area contributed by atoms with E-state index in [1.807, 2.05) is 0 Å². The molecular formula is C10H8Br2N2O3S. The first kappa shape index (κ1) is 13.7. The summed E-state index contributed by atoms with van der Waals surface area (Å²) in [6.45, 7) is 0.0811. The zero-order valence-electron chi connectivity index (χ0n) is 8.93. The van der Waals surface area contributed by atoms with Gasteiger partial charge in [0.2, 0.25) is 10.0 Å². The number of hydrogen-bond acceptors (Lipinski definition) is 4. The lowest BCUT2D eigenvalue weighted by Gasteiger charge is -2.07. The van der Waals surface area contributed by atoms with Crippen LogP contribution in [0, 0.1) is 0 Å². The quantitative estimate of drug-likeness (QED) is 0.863. The van der Waals surface area contributed by atoms with Crippen LogP contribution in [0.15, 0.2) is 48.9 Å². The number of sulfonamides is 1. The van der Waals surface area contributed by atoms with Crippen LogP contribution in [0.1, 0.15) is 5.69 Å². The third kappa shape index (κ3) is 3.19. The van der Waals surface area contributed by atoms with Crippen molar-refractivity contribution >= 4 is 41.9 Å². The van der Waals surface area contributed by atoms with Gasteiger partial charge in [-0.3, -0.25) is 0 Å². The molecule has 0 saturated carbocycles. The van der Waals surface area contributed by atoms with E-state index in [-0.39, 0.29) is 11.4 Å². The smallest absolute Gasteiger partial charge is 0.242 e. The average Bonchev–Trinajstić information content (AvgIpc) is 2.83. The van der Waals surface area contributed by atoms with Crippen LogP contribution in [0.5, 0.6) is 0 Å². The molecule has 0 aliphatic heterocycles. The predicted molar refractivity (Wildman–Crippen MR) is 72.4 cm³/mol. The number of hydrogen-bond donors (Lipinski definition) is 1. The highest BCUT2D eigenvalue weighted by Gasteiger charge is 2.18. The van der Waals surface area contributed by atoms with E-state index in [9.17, 15) is 8.42 Å². The largest absolute Gasteiger partial charge is 0.364 e. The van der Waals surface area contributed by atoms with Gasteiger partial charge in [0.25, 0.3) is 0 Å². The first-order chi connectivity index (χ1) is 8.49. The Kier molecular flexibility index (Phi) is 4.21. The van der Waals surface area contributed by atoms with Crippen LogP contribution < -0.4 is 4.72 Å². The van der Waals surface area contributed by atoms with Gasteiger partial charge >= 0.3 is 0 Å². The fraction of sp³-hybridized carbons (Fsp3) is 0.100. The molecule has 0 saturated heterocycles. The summed E-state index contributed by atoms with van der Waals surface area (Å²) in [5.41, 5.74) is 0.518. The second kappa shape index (κ2) is 5.52. The van der Waals surface area contributed by atoms with Crippen molar-refractivity contribution in [3.05, 3.63) is 45.2 Å². The molecule has 0 aliphatic carbocycles. The Hall–Kier alpha value is -0.700. The molecule has 0 atom stereocenters. The van der Waals surface area contributed by atoms with Crippen LogP contribution in [-0.4, -0.2) is 13.6 Å². The number of nitrogens with one attached hydrogen (secondary N) is 1. The van der Waals surface area contributed by atoms with Crippen molar-refractivity contribution in [3.63, 3.8) is 0 Å². The van der Waals surface area contributed by atoms with Crippen molar-refractivity contribution < 1.29 is 12.9 Å². The molecule has 0 radical (unpaired) electrons. The van der Waals surface area contributed by atoms with E-state index >= 15 is 0 Å².